The highest BCUT2D eigenvalue weighted by Crippen LogP contribution is 2.33. The number of benzene rings is 2. The van der Waals surface area contributed by atoms with Crippen LogP contribution in [0, 0.1) is 0 Å². The van der Waals surface area contributed by atoms with Crippen molar-refractivity contribution in [1.82, 2.24) is 10.6 Å². The zero-order valence-electron chi connectivity index (χ0n) is 15.1. The number of azo groups is 1. The third-order valence-electron chi connectivity index (χ3n) is 3.97. The highest BCUT2D eigenvalue weighted by atomic mass is 32.1. The van der Waals surface area contributed by atoms with E-state index in [9.17, 15) is 9.90 Å². The summed E-state index contributed by atoms with van der Waals surface area (Å²) in [5, 5.41) is 21.2. The zero-order chi connectivity index (χ0) is 20.2. The normalized spacial score (nSPS) is 13.8. The summed E-state index contributed by atoms with van der Waals surface area (Å²) < 4.78 is 5.06. The van der Waals surface area contributed by atoms with E-state index in [1.54, 1.807) is 41.8 Å². The Morgan fingerprint density at radius 1 is 1.21 bits per heavy atom. The molecule has 0 fully saturated rings. The Morgan fingerprint density at radius 3 is 2.69 bits per heavy atom. The molecule has 0 bridgehead atoms. The van der Waals surface area contributed by atoms with Gasteiger partial charge in [0.25, 0.3) is 5.91 Å². The van der Waals surface area contributed by atoms with E-state index in [2.05, 4.69) is 20.8 Å². The maximum Gasteiger partial charge on any atom is 0.327 e. The lowest BCUT2D eigenvalue weighted by Gasteiger charge is -2.17. The molecule has 1 aliphatic heterocycles. The number of para-hydroxylation sites is 1. The lowest BCUT2D eigenvalue weighted by molar-refractivity contribution is 0.0461. The summed E-state index contributed by atoms with van der Waals surface area (Å²) in [7, 11) is 1.55. The van der Waals surface area contributed by atoms with Crippen molar-refractivity contribution < 1.29 is 19.5 Å². The van der Waals surface area contributed by atoms with Gasteiger partial charge >= 0.3 is 5.95 Å². The number of nitrogens with zero attached hydrogens (tertiary/aromatic N) is 4. The second-order valence-electron chi connectivity index (χ2n) is 5.77. The van der Waals surface area contributed by atoms with Crippen LogP contribution in [-0.2, 0) is 4.84 Å². The van der Waals surface area contributed by atoms with E-state index < -0.39 is 5.91 Å². The molecule has 1 amide bonds. The van der Waals surface area contributed by atoms with E-state index >= 15 is 0 Å². The second-order valence-corrected chi connectivity index (χ2v) is 6.60. The minimum absolute atomic E-state index is 0.266. The van der Waals surface area contributed by atoms with Crippen LogP contribution in [0.3, 0.4) is 0 Å². The van der Waals surface area contributed by atoms with Crippen LogP contribution >= 0.6 is 11.3 Å². The average Bonchev–Trinajstić information content (AvgIpc) is 3.39. The summed E-state index contributed by atoms with van der Waals surface area (Å²) in [6.07, 6.45) is 0. The quantitative estimate of drug-likeness (QED) is 0.607. The number of aromatic nitrogens is 1. The lowest BCUT2D eigenvalue weighted by atomic mass is 10.2. The lowest BCUT2D eigenvalue weighted by Crippen LogP contribution is -2.30. The minimum Gasteiger partial charge on any atom is -0.497 e. The van der Waals surface area contributed by atoms with Gasteiger partial charge in [-0.2, -0.15) is 0 Å². The molecule has 4 rings (SSSR count). The number of hydrogen-bond acceptors (Lipinski definition) is 9. The standard InChI is InChI=1S/C19H15N5O4S/c1-27-14-9-7-12(8-10-14)17(25)21-22-19-20-15(11-29-19)16-18(26)28-23-24(16)13-5-3-2-4-6-13/h2-11,23,26H,1H3. The van der Waals surface area contributed by atoms with Gasteiger partial charge in [0, 0.05) is 10.9 Å². The van der Waals surface area contributed by atoms with Crippen molar-refractivity contribution in [2.24, 2.45) is 10.2 Å². The number of nitrogens with one attached hydrogen (secondary N) is 1. The number of rotatable bonds is 5. The molecule has 0 saturated heterocycles. The summed E-state index contributed by atoms with van der Waals surface area (Å²) in [5.41, 5.74) is 4.50. The molecule has 0 spiro atoms. The van der Waals surface area contributed by atoms with Crippen LogP contribution in [0.15, 0.2) is 76.2 Å². The maximum absolute atomic E-state index is 12.2. The molecule has 0 atom stereocenters. The Kier molecular flexibility index (Phi) is 5.18. The Balaban J connectivity index is 1.52. The molecule has 1 aromatic heterocycles. The molecule has 2 aromatic carbocycles. The molecule has 0 radical (unpaired) electrons. The van der Waals surface area contributed by atoms with Crippen LogP contribution in [0.1, 0.15) is 16.1 Å². The van der Waals surface area contributed by atoms with Crippen molar-refractivity contribution in [3.8, 4) is 5.75 Å². The smallest absolute Gasteiger partial charge is 0.327 e. The fraction of sp³-hybridized carbons (Fsp3) is 0.0526. The summed E-state index contributed by atoms with van der Waals surface area (Å²) in [4.78, 5) is 21.5. The van der Waals surface area contributed by atoms with E-state index in [4.69, 9.17) is 9.57 Å². The van der Waals surface area contributed by atoms with Gasteiger partial charge in [0.05, 0.1) is 12.8 Å². The largest absolute Gasteiger partial charge is 0.497 e. The van der Waals surface area contributed by atoms with Gasteiger partial charge in [-0.1, -0.05) is 23.8 Å². The number of ether oxygens (including phenoxy) is 1. The van der Waals surface area contributed by atoms with Gasteiger partial charge in [-0.25, -0.2) is 9.99 Å². The molecule has 0 unspecified atom stereocenters. The number of anilines is 1. The first-order chi connectivity index (χ1) is 14.2. The van der Waals surface area contributed by atoms with Gasteiger partial charge in [0.2, 0.25) is 5.13 Å². The topological polar surface area (TPSA) is 109 Å². The predicted octanol–water partition coefficient (Wildman–Crippen LogP) is 4.22. The first kappa shape index (κ1) is 18.6. The van der Waals surface area contributed by atoms with Gasteiger partial charge in [-0.05, 0) is 36.4 Å². The summed E-state index contributed by atoms with van der Waals surface area (Å²) in [6, 6.07) is 15.8. The average molecular weight is 409 g/mol. The third-order valence-corrected chi connectivity index (χ3v) is 4.70. The van der Waals surface area contributed by atoms with Crippen molar-refractivity contribution in [3.63, 3.8) is 0 Å². The molecule has 29 heavy (non-hydrogen) atoms. The predicted molar refractivity (Wildman–Crippen MR) is 107 cm³/mol. The Hall–Kier alpha value is -3.76. The van der Waals surface area contributed by atoms with Gasteiger partial charge in [0.15, 0.2) is 5.70 Å². The molecular formula is C19H15N5O4S. The van der Waals surface area contributed by atoms with Crippen LogP contribution in [-0.4, -0.2) is 23.1 Å². The Morgan fingerprint density at radius 2 is 1.97 bits per heavy atom. The fourth-order valence-electron chi connectivity index (χ4n) is 2.56. The molecule has 3 aromatic rings. The number of aliphatic hydroxyl groups is 1. The van der Waals surface area contributed by atoms with E-state index in [1.165, 1.54) is 11.3 Å². The first-order valence-corrected chi connectivity index (χ1v) is 9.30. The maximum atomic E-state index is 12.2. The number of hydrazine groups is 1. The molecule has 2 heterocycles. The Bertz CT molecular complexity index is 1080. The zero-order valence-corrected chi connectivity index (χ0v) is 16.0. The second kappa shape index (κ2) is 8.09. The van der Waals surface area contributed by atoms with Crippen molar-refractivity contribution in [2.75, 3.05) is 12.1 Å². The Labute approximate surface area is 169 Å². The molecule has 146 valence electrons. The van der Waals surface area contributed by atoms with Crippen LogP contribution in [0.5, 0.6) is 5.75 Å². The molecule has 2 N–H and O–H groups in total. The number of amides is 1. The highest BCUT2D eigenvalue weighted by molar-refractivity contribution is 7.13. The van der Waals surface area contributed by atoms with Crippen LogP contribution in [0.2, 0.25) is 0 Å². The number of thiazole rings is 1. The van der Waals surface area contributed by atoms with Crippen molar-refractivity contribution in [2.45, 2.75) is 0 Å². The van der Waals surface area contributed by atoms with E-state index in [-0.39, 0.29) is 11.1 Å². The first-order valence-electron chi connectivity index (χ1n) is 8.42. The van der Waals surface area contributed by atoms with Crippen LogP contribution < -0.4 is 15.3 Å². The van der Waals surface area contributed by atoms with Gasteiger partial charge in [-0.3, -0.25) is 4.79 Å². The molecule has 9 nitrogen and oxygen atoms in total. The summed E-state index contributed by atoms with van der Waals surface area (Å²) in [6.45, 7) is 0. The molecular weight excluding hydrogens is 394 g/mol. The number of hydrogen-bond donors (Lipinski definition) is 2. The van der Waals surface area contributed by atoms with E-state index in [0.29, 0.717) is 22.7 Å². The van der Waals surface area contributed by atoms with Gasteiger partial charge in [-0.15, -0.1) is 21.6 Å². The monoisotopic (exact) mass is 409 g/mol. The summed E-state index contributed by atoms with van der Waals surface area (Å²) >= 11 is 1.18. The summed E-state index contributed by atoms with van der Waals surface area (Å²) in [5.74, 6) is -0.174. The number of methoxy groups -OCH3 is 1. The molecule has 0 saturated carbocycles. The number of aliphatic hydroxyl groups excluding tert-OH is 1. The van der Waals surface area contributed by atoms with E-state index in [1.807, 2.05) is 30.3 Å². The van der Waals surface area contributed by atoms with Gasteiger partial charge in [0.1, 0.15) is 11.4 Å². The van der Waals surface area contributed by atoms with Crippen molar-refractivity contribution in [3.05, 3.63) is 77.2 Å². The SMILES string of the molecule is COc1ccc(C(=O)N=Nc2nc(C3=C(O)ONN3c3ccccc3)cs2)cc1. The van der Waals surface area contributed by atoms with Crippen molar-refractivity contribution in [1.29, 1.82) is 0 Å². The van der Waals surface area contributed by atoms with Crippen LogP contribution in [0.25, 0.3) is 5.70 Å². The van der Waals surface area contributed by atoms with Crippen molar-refractivity contribution >= 4 is 33.8 Å². The molecule has 10 heteroatoms. The van der Waals surface area contributed by atoms with E-state index in [0.717, 1.165) is 5.69 Å². The minimum atomic E-state index is -0.497. The van der Waals surface area contributed by atoms with Gasteiger partial charge < -0.3 is 14.7 Å². The van der Waals surface area contributed by atoms with Crippen LogP contribution in [0.4, 0.5) is 10.8 Å². The highest BCUT2D eigenvalue weighted by Gasteiger charge is 2.29. The fourth-order valence-corrected chi connectivity index (χ4v) is 3.18. The number of carbonyl (C=O) groups is 1. The molecule has 0 aliphatic carbocycles. The number of carbonyl (C=O) groups excluding carboxylic acids is 1. The molecule has 1 aliphatic rings. The third kappa shape index (κ3) is 3.93.